The number of anilines is 2. The van der Waals surface area contributed by atoms with E-state index in [1.54, 1.807) is 18.3 Å². The number of sulfonamides is 1. The van der Waals surface area contributed by atoms with E-state index in [0.717, 1.165) is 24.8 Å². The van der Waals surface area contributed by atoms with Crippen LogP contribution in [0.2, 0.25) is 0 Å². The van der Waals surface area contributed by atoms with Gasteiger partial charge < -0.3 is 10.6 Å². The first-order valence-electron chi connectivity index (χ1n) is 8.32. The lowest BCUT2D eigenvalue weighted by Crippen LogP contribution is -2.18. The summed E-state index contributed by atoms with van der Waals surface area (Å²) < 4.78 is 22.5. The maximum absolute atomic E-state index is 11.2. The van der Waals surface area contributed by atoms with Crippen LogP contribution >= 0.6 is 0 Å². The molecule has 25 heavy (non-hydrogen) atoms. The van der Waals surface area contributed by atoms with Crippen LogP contribution in [0.5, 0.6) is 0 Å². The van der Waals surface area contributed by atoms with Crippen molar-refractivity contribution in [1.29, 1.82) is 0 Å². The fourth-order valence-electron chi connectivity index (χ4n) is 2.88. The van der Waals surface area contributed by atoms with Crippen LogP contribution in [0, 0.1) is 0 Å². The molecule has 4 N–H and O–H groups in total. The van der Waals surface area contributed by atoms with Gasteiger partial charge in [-0.05, 0) is 37.0 Å². The fourth-order valence-corrected chi connectivity index (χ4v) is 3.40. The molecule has 3 rings (SSSR count). The predicted molar refractivity (Wildman–Crippen MR) is 95.7 cm³/mol. The van der Waals surface area contributed by atoms with E-state index in [2.05, 4.69) is 25.8 Å². The minimum absolute atomic E-state index is 0.117. The second kappa shape index (κ2) is 7.75. The number of benzene rings is 1. The van der Waals surface area contributed by atoms with Crippen molar-refractivity contribution in [2.75, 3.05) is 17.2 Å². The van der Waals surface area contributed by atoms with Crippen molar-refractivity contribution >= 4 is 21.8 Å². The summed E-state index contributed by atoms with van der Waals surface area (Å²) in [7, 11) is -3.65. The van der Waals surface area contributed by atoms with Crippen molar-refractivity contribution in [2.24, 2.45) is 5.14 Å². The average molecular weight is 362 g/mol. The highest BCUT2D eigenvalue weighted by Crippen LogP contribution is 2.20. The number of nitrogens with two attached hydrogens (primary N) is 1. The third-order valence-electron chi connectivity index (χ3n) is 4.22. The van der Waals surface area contributed by atoms with Crippen molar-refractivity contribution in [3.63, 3.8) is 0 Å². The lowest BCUT2D eigenvalue weighted by molar-refractivity contribution is 0.598. The molecule has 0 saturated heterocycles. The number of hydrogen-bond donors (Lipinski definition) is 3. The molecule has 1 heterocycles. The lowest BCUT2D eigenvalue weighted by Gasteiger charge is -2.12. The Morgan fingerprint density at radius 3 is 2.56 bits per heavy atom. The molecule has 134 valence electrons. The van der Waals surface area contributed by atoms with E-state index < -0.39 is 10.0 Å². The van der Waals surface area contributed by atoms with Gasteiger partial charge in [0.15, 0.2) is 5.82 Å². The SMILES string of the molecule is NS(=O)(=O)c1ccc(CCNc2cnnc(NC3CCCC3)n2)cc1. The molecule has 1 aliphatic carbocycles. The molecule has 2 aromatic rings. The second-order valence-corrected chi connectivity index (χ2v) is 7.72. The van der Waals surface area contributed by atoms with Crippen molar-refractivity contribution < 1.29 is 8.42 Å². The molecule has 0 atom stereocenters. The molecule has 0 radical (unpaired) electrons. The van der Waals surface area contributed by atoms with Gasteiger partial charge in [0.1, 0.15) is 0 Å². The Morgan fingerprint density at radius 1 is 1.16 bits per heavy atom. The Kier molecular flexibility index (Phi) is 5.44. The molecule has 1 aromatic heterocycles. The third kappa shape index (κ3) is 5.10. The third-order valence-corrected chi connectivity index (χ3v) is 5.15. The van der Waals surface area contributed by atoms with Crippen LogP contribution in [-0.4, -0.2) is 36.2 Å². The van der Waals surface area contributed by atoms with E-state index >= 15 is 0 Å². The summed E-state index contributed by atoms with van der Waals surface area (Å²) in [4.78, 5) is 4.54. The molecule has 1 fully saturated rings. The Labute approximate surface area is 147 Å². The van der Waals surface area contributed by atoms with Crippen molar-refractivity contribution in [1.82, 2.24) is 15.2 Å². The zero-order valence-corrected chi connectivity index (χ0v) is 14.7. The van der Waals surface area contributed by atoms with E-state index in [0.29, 0.717) is 24.4 Å². The van der Waals surface area contributed by atoms with Crippen LogP contribution in [0.4, 0.5) is 11.8 Å². The van der Waals surface area contributed by atoms with E-state index in [-0.39, 0.29) is 4.90 Å². The Balaban J connectivity index is 1.51. The highest BCUT2D eigenvalue weighted by molar-refractivity contribution is 7.89. The van der Waals surface area contributed by atoms with E-state index in [1.807, 2.05) is 0 Å². The average Bonchev–Trinajstić information content (AvgIpc) is 3.08. The molecule has 0 spiro atoms. The van der Waals surface area contributed by atoms with Crippen LogP contribution in [0.25, 0.3) is 0 Å². The number of rotatable bonds is 7. The minimum Gasteiger partial charge on any atom is -0.368 e. The van der Waals surface area contributed by atoms with Gasteiger partial charge in [-0.1, -0.05) is 25.0 Å². The Bertz CT molecular complexity index is 804. The summed E-state index contributed by atoms with van der Waals surface area (Å²) in [6, 6.07) is 6.98. The summed E-state index contributed by atoms with van der Waals surface area (Å²) >= 11 is 0. The zero-order chi connectivity index (χ0) is 17.7. The van der Waals surface area contributed by atoms with E-state index in [1.165, 1.54) is 25.0 Å². The van der Waals surface area contributed by atoms with Crippen LogP contribution in [0.15, 0.2) is 35.4 Å². The van der Waals surface area contributed by atoms with E-state index in [9.17, 15) is 8.42 Å². The molecule has 1 saturated carbocycles. The summed E-state index contributed by atoms with van der Waals surface area (Å²) in [5, 5.41) is 19.6. The summed E-state index contributed by atoms with van der Waals surface area (Å²) in [6.45, 7) is 0.649. The highest BCUT2D eigenvalue weighted by atomic mass is 32.2. The molecule has 0 unspecified atom stereocenters. The predicted octanol–water partition coefficient (Wildman–Crippen LogP) is 1.53. The maximum atomic E-state index is 11.2. The topological polar surface area (TPSA) is 123 Å². The van der Waals surface area contributed by atoms with Gasteiger partial charge in [-0.2, -0.15) is 10.1 Å². The van der Waals surface area contributed by atoms with Gasteiger partial charge in [0.05, 0.1) is 11.1 Å². The van der Waals surface area contributed by atoms with Gasteiger partial charge in [-0.15, -0.1) is 5.10 Å². The molecule has 1 aromatic carbocycles. The summed E-state index contributed by atoms with van der Waals surface area (Å²) in [6.07, 6.45) is 7.09. The fraction of sp³-hybridized carbons (Fsp3) is 0.438. The van der Waals surface area contributed by atoms with Gasteiger partial charge >= 0.3 is 0 Å². The van der Waals surface area contributed by atoms with Crippen LogP contribution < -0.4 is 15.8 Å². The molecule has 8 nitrogen and oxygen atoms in total. The van der Waals surface area contributed by atoms with Gasteiger partial charge in [0.2, 0.25) is 16.0 Å². The molecule has 0 amide bonds. The first-order valence-corrected chi connectivity index (χ1v) is 9.87. The standard InChI is InChI=1S/C16H22N6O2S/c17-25(23,24)14-7-5-12(6-8-14)9-10-18-15-11-19-22-16(21-15)20-13-3-1-2-4-13/h5-8,11,13H,1-4,9-10H2,(H2,17,23,24)(H2,18,20,21,22). The minimum atomic E-state index is -3.65. The van der Waals surface area contributed by atoms with Crippen molar-refractivity contribution in [3.8, 4) is 0 Å². The monoisotopic (exact) mass is 362 g/mol. The highest BCUT2D eigenvalue weighted by Gasteiger charge is 2.15. The molecule has 0 aliphatic heterocycles. The first kappa shape index (κ1) is 17.6. The van der Waals surface area contributed by atoms with Gasteiger partial charge in [-0.25, -0.2) is 13.6 Å². The first-order chi connectivity index (χ1) is 12.0. The van der Waals surface area contributed by atoms with Crippen LogP contribution in [0.1, 0.15) is 31.2 Å². The number of primary sulfonamides is 1. The molecule has 0 bridgehead atoms. The van der Waals surface area contributed by atoms with Crippen molar-refractivity contribution in [2.45, 2.75) is 43.0 Å². The van der Waals surface area contributed by atoms with Crippen LogP contribution in [-0.2, 0) is 16.4 Å². The largest absolute Gasteiger partial charge is 0.368 e. The Morgan fingerprint density at radius 2 is 1.88 bits per heavy atom. The molecular formula is C16H22N6O2S. The number of nitrogens with zero attached hydrogens (tertiary/aromatic N) is 3. The van der Waals surface area contributed by atoms with Gasteiger partial charge in [0.25, 0.3) is 0 Å². The number of aromatic nitrogens is 3. The van der Waals surface area contributed by atoms with Gasteiger partial charge in [-0.3, -0.25) is 0 Å². The molecular weight excluding hydrogens is 340 g/mol. The lowest BCUT2D eigenvalue weighted by atomic mass is 10.1. The molecule has 9 heteroatoms. The quantitative estimate of drug-likeness (QED) is 0.682. The zero-order valence-electron chi connectivity index (χ0n) is 13.9. The maximum Gasteiger partial charge on any atom is 0.244 e. The van der Waals surface area contributed by atoms with E-state index in [4.69, 9.17) is 5.14 Å². The summed E-state index contributed by atoms with van der Waals surface area (Å²) in [5.74, 6) is 1.21. The smallest absolute Gasteiger partial charge is 0.244 e. The normalized spacial score (nSPS) is 15.2. The Hall–Kier alpha value is -2.26. The number of nitrogens with one attached hydrogen (secondary N) is 2. The summed E-state index contributed by atoms with van der Waals surface area (Å²) in [5.41, 5.74) is 1.01. The molecule has 1 aliphatic rings. The van der Waals surface area contributed by atoms with Gasteiger partial charge in [0, 0.05) is 12.6 Å². The van der Waals surface area contributed by atoms with Crippen LogP contribution in [0.3, 0.4) is 0 Å². The number of hydrogen-bond acceptors (Lipinski definition) is 7. The van der Waals surface area contributed by atoms with Crippen molar-refractivity contribution in [3.05, 3.63) is 36.0 Å². The second-order valence-electron chi connectivity index (χ2n) is 6.16.